The Morgan fingerprint density at radius 3 is 1.14 bits per heavy atom. The zero-order valence-corrected chi connectivity index (χ0v) is 15.7. The SMILES string of the molecule is CCC[CH2][Sn]([CH2]CCC)[CH2]CCC.[Na]. The summed E-state index contributed by atoms with van der Waals surface area (Å²) in [6.45, 7) is 7.00. The van der Waals surface area contributed by atoms with Crippen molar-refractivity contribution in [3.05, 3.63) is 0 Å². The van der Waals surface area contributed by atoms with Crippen molar-refractivity contribution in [1.82, 2.24) is 0 Å². The summed E-state index contributed by atoms with van der Waals surface area (Å²) < 4.78 is 5.04. The van der Waals surface area contributed by atoms with Gasteiger partial charge in [0.25, 0.3) is 0 Å². The van der Waals surface area contributed by atoms with E-state index in [0.717, 1.165) is 0 Å². The minimum Gasteiger partial charge on any atom is 0 e. The van der Waals surface area contributed by atoms with Gasteiger partial charge in [-0.15, -0.1) is 0 Å². The Kier molecular flexibility index (Phi) is 19.2. The van der Waals surface area contributed by atoms with Crippen LogP contribution in [-0.4, -0.2) is 49.3 Å². The van der Waals surface area contributed by atoms with Crippen LogP contribution in [0, 0.1) is 0 Å². The molecule has 80 valence electrons. The average Bonchev–Trinajstić information content (AvgIpc) is 2.17. The quantitative estimate of drug-likeness (QED) is 0.550. The molecule has 0 aromatic rings. The van der Waals surface area contributed by atoms with Gasteiger partial charge >= 0.3 is 92.4 Å². The van der Waals surface area contributed by atoms with Crippen LogP contribution in [0.4, 0.5) is 0 Å². The molecule has 0 N–H and O–H groups in total. The van der Waals surface area contributed by atoms with Crippen LogP contribution in [0.25, 0.3) is 0 Å². The van der Waals surface area contributed by atoms with Gasteiger partial charge in [-0.25, -0.2) is 0 Å². The monoisotopic (exact) mass is 314 g/mol. The van der Waals surface area contributed by atoms with Crippen LogP contribution in [0.2, 0.25) is 13.3 Å². The predicted octanol–water partition coefficient (Wildman–Crippen LogP) is 4.50. The fourth-order valence-electron chi connectivity index (χ4n) is 1.66. The van der Waals surface area contributed by atoms with Crippen molar-refractivity contribution in [2.24, 2.45) is 0 Å². The molecule has 0 saturated heterocycles. The Bertz CT molecular complexity index is 77.3. The van der Waals surface area contributed by atoms with Crippen LogP contribution < -0.4 is 0 Å². The molecule has 14 heavy (non-hydrogen) atoms. The third-order valence-electron chi connectivity index (χ3n) is 2.65. The number of hydrogen-bond donors (Lipinski definition) is 0. The minimum atomic E-state index is -0.839. The van der Waals surface area contributed by atoms with Gasteiger partial charge < -0.3 is 0 Å². The molecule has 0 aliphatic carbocycles. The van der Waals surface area contributed by atoms with Crippen molar-refractivity contribution < 1.29 is 0 Å². The van der Waals surface area contributed by atoms with Crippen molar-refractivity contribution in [3.8, 4) is 0 Å². The van der Waals surface area contributed by atoms with E-state index < -0.39 is 19.8 Å². The fraction of sp³-hybridized carbons (Fsp3) is 1.00. The minimum absolute atomic E-state index is 0. The normalized spacial score (nSPS) is 10.3. The molecule has 0 fully saturated rings. The van der Waals surface area contributed by atoms with Gasteiger partial charge in [-0.3, -0.25) is 0 Å². The van der Waals surface area contributed by atoms with E-state index in [1.165, 1.54) is 38.5 Å². The van der Waals surface area contributed by atoms with Gasteiger partial charge in [0.2, 0.25) is 0 Å². The molecule has 0 rings (SSSR count). The first-order valence-electron chi connectivity index (χ1n) is 6.18. The summed E-state index contributed by atoms with van der Waals surface area (Å²) in [7, 11) is 0. The first kappa shape index (κ1) is 18.2. The van der Waals surface area contributed by atoms with E-state index in [1.54, 1.807) is 13.3 Å². The average molecular weight is 313 g/mol. The summed E-state index contributed by atoms with van der Waals surface area (Å²) >= 11 is -0.839. The van der Waals surface area contributed by atoms with Crippen LogP contribution in [0.3, 0.4) is 0 Å². The Balaban J connectivity index is 0. The van der Waals surface area contributed by atoms with Crippen LogP contribution in [0.5, 0.6) is 0 Å². The van der Waals surface area contributed by atoms with Crippen molar-refractivity contribution in [1.29, 1.82) is 0 Å². The van der Waals surface area contributed by atoms with Crippen molar-refractivity contribution >= 4 is 49.3 Å². The topological polar surface area (TPSA) is 0 Å². The second-order valence-electron chi connectivity index (χ2n) is 4.06. The van der Waals surface area contributed by atoms with E-state index >= 15 is 0 Å². The molecule has 0 aliphatic rings. The molecule has 2 radical (unpaired) electrons. The van der Waals surface area contributed by atoms with Crippen LogP contribution in [0.1, 0.15) is 59.3 Å². The number of unbranched alkanes of at least 4 members (excludes halogenated alkanes) is 3. The maximum atomic E-state index is 2.33. The van der Waals surface area contributed by atoms with E-state index in [-0.39, 0.29) is 29.6 Å². The van der Waals surface area contributed by atoms with Crippen LogP contribution in [-0.2, 0) is 0 Å². The fourth-order valence-corrected chi connectivity index (χ4v) is 11.1. The van der Waals surface area contributed by atoms with Gasteiger partial charge in [-0.2, -0.15) is 0 Å². The molecule has 0 bridgehead atoms. The van der Waals surface area contributed by atoms with E-state index in [1.807, 2.05) is 0 Å². The standard InChI is InChI=1S/3C4H9.Na.Sn/c3*1-3-4-2;;/h3*1,3-4H2,2H3;;. The van der Waals surface area contributed by atoms with Gasteiger partial charge in [0, 0.05) is 29.6 Å². The summed E-state index contributed by atoms with van der Waals surface area (Å²) in [6.07, 6.45) is 8.85. The van der Waals surface area contributed by atoms with Gasteiger partial charge in [0.05, 0.1) is 0 Å². The Morgan fingerprint density at radius 2 is 0.929 bits per heavy atom. The van der Waals surface area contributed by atoms with E-state index in [2.05, 4.69) is 20.8 Å². The molecule has 0 amide bonds. The molecule has 0 unspecified atom stereocenters. The summed E-state index contributed by atoms with van der Waals surface area (Å²) in [5, 5.41) is 0. The molecule has 0 heterocycles. The molecule has 0 atom stereocenters. The summed E-state index contributed by atoms with van der Waals surface area (Å²) in [6, 6.07) is 0. The molecule has 0 saturated carbocycles. The molecule has 0 nitrogen and oxygen atoms in total. The molecule has 2 heteroatoms. The number of hydrogen-bond acceptors (Lipinski definition) is 0. The molecule has 0 aromatic heterocycles. The van der Waals surface area contributed by atoms with Gasteiger partial charge in [-0.05, 0) is 0 Å². The zero-order chi connectivity index (χ0) is 9.94. The largest absolute Gasteiger partial charge is 0 e. The third-order valence-corrected chi connectivity index (χ3v) is 11.7. The zero-order valence-electron chi connectivity index (χ0n) is 10.9. The van der Waals surface area contributed by atoms with Crippen molar-refractivity contribution in [2.75, 3.05) is 0 Å². The third kappa shape index (κ3) is 11.9. The van der Waals surface area contributed by atoms with Gasteiger partial charge in [-0.1, -0.05) is 0 Å². The van der Waals surface area contributed by atoms with Crippen LogP contribution >= 0.6 is 0 Å². The Hall–Kier alpha value is 1.80. The summed E-state index contributed by atoms with van der Waals surface area (Å²) in [5.41, 5.74) is 0. The second-order valence-corrected chi connectivity index (χ2v) is 12.6. The predicted molar refractivity (Wildman–Crippen MR) is 70.7 cm³/mol. The smallest absolute Gasteiger partial charge is 0 e. The summed E-state index contributed by atoms with van der Waals surface area (Å²) in [5.74, 6) is 0. The van der Waals surface area contributed by atoms with Gasteiger partial charge in [0.1, 0.15) is 0 Å². The first-order chi connectivity index (χ1) is 6.35. The van der Waals surface area contributed by atoms with Gasteiger partial charge in [0.15, 0.2) is 0 Å². The molecular formula is C12H27NaSn. The molecule has 0 aromatic carbocycles. The van der Waals surface area contributed by atoms with Crippen molar-refractivity contribution in [3.63, 3.8) is 0 Å². The molecular weight excluding hydrogens is 286 g/mol. The maximum absolute atomic E-state index is 2.33. The van der Waals surface area contributed by atoms with Crippen molar-refractivity contribution in [2.45, 2.75) is 72.6 Å². The molecule has 0 spiro atoms. The molecule has 0 aliphatic heterocycles. The van der Waals surface area contributed by atoms with E-state index in [9.17, 15) is 0 Å². The summed E-state index contributed by atoms with van der Waals surface area (Å²) in [4.78, 5) is 0. The maximum Gasteiger partial charge on any atom is 0 e. The number of rotatable bonds is 9. The Morgan fingerprint density at radius 1 is 0.643 bits per heavy atom. The van der Waals surface area contributed by atoms with E-state index in [4.69, 9.17) is 0 Å². The first-order valence-corrected chi connectivity index (χ1v) is 12.2. The second kappa shape index (κ2) is 14.8. The Labute approximate surface area is 121 Å². The van der Waals surface area contributed by atoms with E-state index in [0.29, 0.717) is 0 Å². The van der Waals surface area contributed by atoms with Crippen LogP contribution in [0.15, 0.2) is 0 Å².